The molecular formula is C13H26N4O. The van der Waals surface area contributed by atoms with E-state index in [0.717, 1.165) is 38.1 Å². The topological polar surface area (TPSA) is 52.0 Å². The molecular weight excluding hydrogens is 228 g/mol. The number of hydrogen-bond donors (Lipinski definition) is 1. The van der Waals surface area contributed by atoms with Crippen LogP contribution in [-0.2, 0) is 17.7 Å². The van der Waals surface area contributed by atoms with Gasteiger partial charge < -0.3 is 10.1 Å². The van der Waals surface area contributed by atoms with E-state index >= 15 is 0 Å². The fourth-order valence-corrected chi connectivity index (χ4v) is 1.97. The summed E-state index contributed by atoms with van der Waals surface area (Å²) >= 11 is 0. The highest BCUT2D eigenvalue weighted by molar-refractivity contribution is 4.89. The van der Waals surface area contributed by atoms with Gasteiger partial charge in [0.1, 0.15) is 12.2 Å². The monoisotopic (exact) mass is 254 g/mol. The van der Waals surface area contributed by atoms with Crippen LogP contribution < -0.4 is 5.32 Å². The van der Waals surface area contributed by atoms with Crippen LogP contribution in [0.2, 0.25) is 0 Å². The molecule has 0 amide bonds. The van der Waals surface area contributed by atoms with Gasteiger partial charge in [-0.3, -0.25) is 4.68 Å². The van der Waals surface area contributed by atoms with E-state index in [2.05, 4.69) is 29.2 Å². The van der Waals surface area contributed by atoms with E-state index in [1.54, 1.807) is 13.4 Å². The number of nitrogens with one attached hydrogen (secondary N) is 1. The molecule has 0 radical (unpaired) electrons. The smallest absolute Gasteiger partial charge is 0.138 e. The van der Waals surface area contributed by atoms with Gasteiger partial charge in [0.05, 0.1) is 6.10 Å². The van der Waals surface area contributed by atoms with E-state index in [9.17, 15) is 0 Å². The first kappa shape index (κ1) is 15.1. The molecule has 5 heteroatoms. The fraction of sp³-hybridized carbons (Fsp3) is 0.846. The number of aryl methyl sites for hydroxylation is 1. The Bertz CT molecular complexity index is 327. The molecule has 0 spiro atoms. The van der Waals surface area contributed by atoms with Crippen LogP contribution in [0.5, 0.6) is 0 Å². The third-order valence-corrected chi connectivity index (χ3v) is 3.29. The van der Waals surface area contributed by atoms with Crippen molar-refractivity contribution in [3.8, 4) is 0 Å². The number of methoxy groups -OCH3 is 1. The number of likely N-dealkylation sites (N-methyl/N-ethyl adjacent to an activating group) is 1. The molecule has 2 atom stereocenters. The number of ether oxygens (including phenoxy) is 1. The van der Waals surface area contributed by atoms with Crippen molar-refractivity contribution < 1.29 is 4.74 Å². The number of hydrogen-bond acceptors (Lipinski definition) is 4. The summed E-state index contributed by atoms with van der Waals surface area (Å²) in [4.78, 5) is 4.35. The summed E-state index contributed by atoms with van der Waals surface area (Å²) in [5.41, 5.74) is 0. The average Bonchev–Trinajstić information content (AvgIpc) is 2.81. The summed E-state index contributed by atoms with van der Waals surface area (Å²) in [6.45, 7) is 5.20. The lowest BCUT2D eigenvalue weighted by Gasteiger charge is -2.18. The second-order valence-corrected chi connectivity index (χ2v) is 4.71. The van der Waals surface area contributed by atoms with Crippen molar-refractivity contribution in [2.24, 2.45) is 0 Å². The zero-order valence-corrected chi connectivity index (χ0v) is 12.0. The Morgan fingerprint density at radius 1 is 1.44 bits per heavy atom. The third-order valence-electron chi connectivity index (χ3n) is 3.29. The Balaban J connectivity index is 2.48. The van der Waals surface area contributed by atoms with Crippen molar-refractivity contribution in [2.75, 3.05) is 14.2 Å². The molecule has 0 aliphatic carbocycles. The van der Waals surface area contributed by atoms with Gasteiger partial charge in [0.15, 0.2) is 0 Å². The van der Waals surface area contributed by atoms with Gasteiger partial charge in [-0.05, 0) is 33.2 Å². The first-order chi connectivity index (χ1) is 8.71. The van der Waals surface area contributed by atoms with Crippen LogP contribution in [0.25, 0.3) is 0 Å². The normalized spacial score (nSPS) is 14.7. The van der Waals surface area contributed by atoms with E-state index in [-0.39, 0.29) is 0 Å². The van der Waals surface area contributed by atoms with Gasteiger partial charge in [0, 0.05) is 26.1 Å². The van der Waals surface area contributed by atoms with Crippen molar-refractivity contribution in [3.63, 3.8) is 0 Å². The predicted octanol–water partition coefficient (Wildman–Crippen LogP) is 1.63. The molecule has 1 rings (SSSR count). The zero-order valence-electron chi connectivity index (χ0n) is 12.0. The summed E-state index contributed by atoms with van der Waals surface area (Å²) in [6.07, 6.45) is 6.12. The van der Waals surface area contributed by atoms with Gasteiger partial charge in [0.2, 0.25) is 0 Å². The SMILES string of the molecule is CCCn1ncnc1CC(CCC(C)OC)NC. The number of rotatable bonds is 9. The third kappa shape index (κ3) is 4.74. The maximum atomic E-state index is 5.28. The minimum Gasteiger partial charge on any atom is -0.382 e. The van der Waals surface area contributed by atoms with E-state index in [1.165, 1.54) is 0 Å². The Kier molecular flexibility index (Phi) is 6.90. The lowest BCUT2D eigenvalue weighted by atomic mass is 10.1. The summed E-state index contributed by atoms with van der Waals surface area (Å²) in [6, 6.07) is 0.433. The van der Waals surface area contributed by atoms with Crippen molar-refractivity contribution in [2.45, 2.75) is 58.2 Å². The molecule has 1 aromatic rings. The number of nitrogens with zero attached hydrogens (tertiary/aromatic N) is 3. The molecule has 0 aliphatic rings. The molecule has 0 fully saturated rings. The van der Waals surface area contributed by atoms with Crippen molar-refractivity contribution >= 4 is 0 Å². The fourth-order valence-electron chi connectivity index (χ4n) is 1.97. The van der Waals surface area contributed by atoms with Gasteiger partial charge in [-0.1, -0.05) is 6.92 Å². The van der Waals surface area contributed by atoms with E-state index in [0.29, 0.717) is 12.1 Å². The predicted molar refractivity (Wildman–Crippen MR) is 72.6 cm³/mol. The van der Waals surface area contributed by atoms with E-state index in [1.807, 2.05) is 11.7 Å². The maximum absolute atomic E-state index is 5.28. The van der Waals surface area contributed by atoms with Gasteiger partial charge >= 0.3 is 0 Å². The molecule has 0 bridgehead atoms. The van der Waals surface area contributed by atoms with E-state index in [4.69, 9.17) is 4.74 Å². The minimum absolute atomic E-state index is 0.314. The molecule has 0 aromatic carbocycles. The van der Waals surface area contributed by atoms with Crippen molar-refractivity contribution in [3.05, 3.63) is 12.2 Å². The highest BCUT2D eigenvalue weighted by atomic mass is 16.5. The number of aromatic nitrogens is 3. The molecule has 0 aliphatic heterocycles. The first-order valence-corrected chi connectivity index (χ1v) is 6.78. The highest BCUT2D eigenvalue weighted by Crippen LogP contribution is 2.09. The largest absolute Gasteiger partial charge is 0.382 e. The average molecular weight is 254 g/mol. The zero-order chi connectivity index (χ0) is 13.4. The first-order valence-electron chi connectivity index (χ1n) is 6.78. The van der Waals surface area contributed by atoms with Crippen LogP contribution in [-0.4, -0.2) is 41.1 Å². The Morgan fingerprint density at radius 2 is 2.22 bits per heavy atom. The van der Waals surface area contributed by atoms with Gasteiger partial charge in [-0.2, -0.15) is 5.10 Å². The summed E-state index contributed by atoms with van der Waals surface area (Å²) in [7, 11) is 3.76. The van der Waals surface area contributed by atoms with Crippen LogP contribution in [0.3, 0.4) is 0 Å². The Morgan fingerprint density at radius 3 is 2.83 bits per heavy atom. The van der Waals surface area contributed by atoms with Crippen LogP contribution in [0, 0.1) is 0 Å². The molecule has 1 N–H and O–H groups in total. The molecule has 0 saturated carbocycles. The van der Waals surface area contributed by atoms with E-state index < -0.39 is 0 Å². The molecule has 1 aromatic heterocycles. The molecule has 0 saturated heterocycles. The molecule has 104 valence electrons. The highest BCUT2D eigenvalue weighted by Gasteiger charge is 2.13. The van der Waals surface area contributed by atoms with Crippen molar-refractivity contribution in [1.82, 2.24) is 20.1 Å². The Hall–Kier alpha value is -0.940. The molecule has 2 unspecified atom stereocenters. The molecule has 18 heavy (non-hydrogen) atoms. The van der Waals surface area contributed by atoms with Crippen LogP contribution in [0.1, 0.15) is 38.9 Å². The molecule has 5 nitrogen and oxygen atoms in total. The second kappa shape index (κ2) is 8.21. The summed E-state index contributed by atoms with van der Waals surface area (Å²) in [5.74, 6) is 1.07. The quantitative estimate of drug-likeness (QED) is 0.728. The Labute approximate surface area is 110 Å². The van der Waals surface area contributed by atoms with Crippen LogP contribution in [0.15, 0.2) is 6.33 Å². The summed E-state index contributed by atoms with van der Waals surface area (Å²) in [5, 5.41) is 7.61. The van der Waals surface area contributed by atoms with Crippen LogP contribution in [0.4, 0.5) is 0 Å². The van der Waals surface area contributed by atoms with Gasteiger partial charge in [-0.15, -0.1) is 0 Å². The van der Waals surface area contributed by atoms with Crippen molar-refractivity contribution in [1.29, 1.82) is 0 Å². The lowest BCUT2D eigenvalue weighted by molar-refractivity contribution is 0.106. The summed E-state index contributed by atoms with van der Waals surface area (Å²) < 4.78 is 7.29. The van der Waals surface area contributed by atoms with Gasteiger partial charge in [0.25, 0.3) is 0 Å². The van der Waals surface area contributed by atoms with Gasteiger partial charge in [-0.25, -0.2) is 4.98 Å². The maximum Gasteiger partial charge on any atom is 0.138 e. The minimum atomic E-state index is 0.314. The molecule has 1 heterocycles. The van der Waals surface area contributed by atoms with Crippen LogP contribution >= 0.6 is 0 Å². The second-order valence-electron chi connectivity index (χ2n) is 4.71. The standard InChI is InChI=1S/C13H26N4O/c1-5-8-17-13(15-10-16-17)9-12(14-3)7-6-11(2)18-4/h10-12,14H,5-9H2,1-4H3. The lowest BCUT2D eigenvalue weighted by Crippen LogP contribution is -2.30.